The lowest BCUT2D eigenvalue weighted by molar-refractivity contribution is 0.283. The number of aromatic nitrogens is 1. The van der Waals surface area contributed by atoms with Crippen molar-refractivity contribution >= 4 is 5.82 Å². The van der Waals surface area contributed by atoms with Gasteiger partial charge in [-0.2, -0.15) is 0 Å². The molecule has 3 nitrogen and oxygen atoms in total. The summed E-state index contributed by atoms with van der Waals surface area (Å²) in [5, 5.41) is 0. The summed E-state index contributed by atoms with van der Waals surface area (Å²) in [5.41, 5.74) is 1.30. The maximum atomic E-state index is 4.54. The van der Waals surface area contributed by atoms with Gasteiger partial charge in [-0.1, -0.05) is 6.07 Å². The molecule has 0 amide bonds. The van der Waals surface area contributed by atoms with Crippen LogP contribution in [0.5, 0.6) is 0 Å². The van der Waals surface area contributed by atoms with Crippen LogP contribution in [0.3, 0.4) is 0 Å². The molecule has 3 rings (SSSR count). The molecule has 0 bridgehead atoms. The first-order chi connectivity index (χ1) is 8.34. The Morgan fingerprint density at radius 3 is 2.82 bits per heavy atom. The summed E-state index contributed by atoms with van der Waals surface area (Å²) in [6, 6.07) is 5.08. The summed E-state index contributed by atoms with van der Waals surface area (Å²) in [5.74, 6) is 1.19. The summed E-state index contributed by atoms with van der Waals surface area (Å²) in [6.07, 6.45) is 6.02. The van der Waals surface area contributed by atoms with E-state index in [1.165, 1.54) is 43.7 Å². The van der Waals surface area contributed by atoms with E-state index in [9.17, 15) is 0 Å². The highest BCUT2D eigenvalue weighted by molar-refractivity contribution is 5.45. The molecule has 0 N–H and O–H groups in total. The molecule has 1 aliphatic heterocycles. The van der Waals surface area contributed by atoms with E-state index in [-0.39, 0.29) is 0 Å². The highest BCUT2D eigenvalue weighted by Crippen LogP contribution is 2.28. The maximum absolute atomic E-state index is 4.54. The van der Waals surface area contributed by atoms with E-state index >= 15 is 0 Å². The molecule has 2 aliphatic rings. The smallest absolute Gasteiger partial charge is 0.131 e. The number of aryl methyl sites for hydroxylation is 1. The van der Waals surface area contributed by atoms with Gasteiger partial charge in [0.25, 0.3) is 0 Å². The van der Waals surface area contributed by atoms with E-state index in [0.29, 0.717) is 0 Å². The van der Waals surface area contributed by atoms with Crippen LogP contribution in [-0.4, -0.2) is 42.1 Å². The van der Waals surface area contributed by atoms with Gasteiger partial charge in [0.15, 0.2) is 0 Å². The second kappa shape index (κ2) is 4.65. The van der Waals surface area contributed by atoms with Gasteiger partial charge in [0.1, 0.15) is 5.82 Å². The molecule has 1 saturated heterocycles. The molecule has 0 radical (unpaired) electrons. The fourth-order valence-electron chi connectivity index (χ4n) is 2.76. The first kappa shape index (κ1) is 11.0. The van der Waals surface area contributed by atoms with E-state index in [0.717, 1.165) is 19.1 Å². The first-order valence-electron chi connectivity index (χ1n) is 6.75. The normalized spacial score (nSPS) is 22.5. The second-order valence-electron chi connectivity index (χ2n) is 5.25. The van der Waals surface area contributed by atoms with Gasteiger partial charge < -0.3 is 4.90 Å². The number of nitrogens with zero attached hydrogens (tertiary/aromatic N) is 3. The Kier molecular flexibility index (Phi) is 3.02. The van der Waals surface area contributed by atoms with Crippen molar-refractivity contribution in [3.05, 3.63) is 23.9 Å². The third kappa shape index (κ3) is 2.44. The van der Waals surface area contributed by atoms with Crippen molar-refractivity contribution in [1.29, 1.82) is 0 Å². The van der Waals surface area contributed by atoms with Crippen molar-refractivity contribution in [3.63, 3.8) is 0 Å². The Hall–Kier alpha value is -1.09. The lowest BCUT2D eigenvalue weighted by Gasteiger charge is -2.23. The summed E-state index contributed by atoms with van der Waals surface area (Å²) >= 11 is 0. The first-order valence-corrected chi connectivity index (χ1v) is 6.75. The van der Waals surface area contributed by atoms with Gasteiger partial charge in [0.2, 0.25) is 0 Å². The molecule has 0 aromatic carbocycles. The lowest BCUT2D eigenvalue weighted by atomic mass is 10.2. The molecule has 2 fully saturated rings. The van der Waals surface area contributed by atoms with Crippen LogP contribution >= 0.6 is 0 Å². The van der Waals surface area contributed by atoms with Gasteiger partial charge >= 0.3 is 0 Å². The largest absolute Gasteiger partial charge is 0.355 e. The monoisotopic (exact) mass is 231 g/mol. The highest BCUT2D eigenvalue weighted by atomic mass is 15.3. The lowest BCUT2D eigenvalue weighted by Crippen LogP contribution is -2.32. The molecule has 0 spiro atoms. The average molecular weight is 231 g/mol. The van der Waals surface area contributed by atoms with Gasteiger partial charge in [-0.3, -0.25) is 4.90 Å². The van der Waals surface area contributed by atoms with E-state index in [1.54, 1.807) is 0 Å². The molecular formula is C14H21N3. The highest BCUT2D eigenvalue weighted by Gasteiger charge is 2.30. The zero-order valence-electron chi connectivity index (χ0n) is 10.6. The Bertz CT molecular complexity index is 387. The van der Waals surface area contributed by atoms with E-state index < -0.39 is 0 Å². The second-order valence-corrected chi connectivity index (χ2v) is 5.25. The van der Waals surface area contributed by atoms with Crippen molar-refractivity contribution in [2.24, 2.45) is 0 Å². The Morgan fingerprint density at radius 2 is 2.06 bits per heavy atom. The minimum absolute atomic E-state index is 0.903. The number of rotatable bonds is 2. The number of hydrogen-bond acceptors (Lipinski definition) is 3. The summed E-state index contributed by atoms with van der Waals surface area (Å²) in [4.78, 5) is 9.66. The quantitative estimate of drug-likeness (QED) is 0.776. The minimum Gasteiger partial charge on any atom is -0.355 e. The predicted molar refractivity (Wildman–Crippen MR) is 70.4 cm³/mol. The molecule has 1 aromatic rings. The van der Waals surface area contributed by atoms with Crippen molar-refractivity contribution in [2.75, 3.05) is 31.1 Å². The van der Waals surface area contributed by atoms with Crippen LogP contribution in [-0.2, 0) is 0 Å². The van der Waals surface area contributed by atoms with Crippen LogP contribution in [0.4, 0.5) is 5.82 Å². The summed E-state index contributed by atoms with van der Waals surface area (Å²) in [7, 11) is 0. The van der Waals surface area contributed by atoms with E-state index in [2.05, 4.69) is 27.8 Å². The number of pyridine rings is 1. The Labute approximate surface area is 103 Å². The third-order valence-corrected chi connectivity index (χ3v) is 3.88. The molecule has 1 aromatic heterocycles. The summed E-state index contributed by atoms with van der Waals surface area (Å²) < 4.78 is 0. The summed E-state index contributed by atoms with van der Waals surface area (Å²) in [6.45, 7) is 6.93. The van der Waals surface area contributed by atoms with Gasteiger partial charge in [-0.05, 0) is 37.8 Å². The zero-order valence-corrected chi connectivity index (χ0v) is 10.6. The molecule has 0 unspecified atom stereocenters. The molecule has 17 heavy (non-hydrogen) atoms. The Morgan fingerprint density at radius 1 is 1.18 bits per heavy atom. The van der Waals surface area contributed by atoms with Crippen LogP contribution in [0.1, 0.15) is 24.8 Å². The number of hydrogen-bond donors (Lipinski definition) is 0. The minimum atomic E-state index is 0.903. The van der Waals surface area contributed by atoms with E-state index in [1.807, 2.05) is 12.3 Å². The average Bonchev–Trinajstić information content (AvgIpc) is 3.16. The molecule has 1 saturated carbocycles. The van der Waals surface area contributed by atoms with Gasteiger partial charge in [0.05, 0.1) is 0 Å². The number of anilines is 1. The van der Waals surface area contributed by atoms with Gasteiger partial charge in [0, 0.05) is 38.4 Å². The van der Waals surface area contributed by atoms with E-state index in [4.69, 9.17) is 0 Å². The molecule has 3 heteroatoms. The van der Waals surface area contributed by atoms with Crippen molar-refractivity contribution in [2.45, 2.75) is 32.2 Å². The van der Waals surface area contributed by atoms with Crippen LogP contribution in [0.25, 0.3) is 0 Å². The third-order valence-electron chi connectivity index (χ3n) is 3.88. The van der Waals surface area contributed by atoms with Gasteiger partial charge in [-0.25, -0.2) is 4.98 Å². The van der Waals surface area contributed by atoms with Crippen LogP contribution < -0.4 is 4.90 Å². The topological polar surface area (TPSA) is 19.4 Å². The van der Waals surface area contributed by atoms with Crippen LogP contribution in [0.15, 0.2) is 18.3 Å². The fourth-order valence-corrected chi connectivity index (χ4v) is 2.76. The van der Waals surface area contributed by atoms with Crippen molar-refractivity contribution in [3.8, 4) is 0 Å². The molecule has 92 valence electrons. The molecule has 2 heterocycles. The van der Waals surface area contributed by atoms with Crippen molar-refractivity contribution < 1.29 is 0 Å². The van der Waals surface area contributed by atoms with Gasteiger partial charge in [-0.15, -0.1) is 0 Å². The van der Waals surface area contributed by atoms with Crippen molar-refractivity contribution in [1.82, 2.24) is 9.88 Å². The standard InChI is InChI=1S/C14H21N3/c1-12-4-2-7-15-14(12)17-9-3-8-16(10-11-17)13-5-6-13/h2,4,7,13H,3,5-6,8-11H2,1H3. The van der Waals surface area contributed by atoms with Crippen LogP contribution in [0.2, 0.25) is 0 Å². The Balaban J connectivity index is 1.70. The zero-order chi connectivity index (χ0) is 11.7. The maximum Gasteiger partial charge on any atom is 0.131 e. The SMILES string of the molecule is Cc1cccnc1N1CCCN(C2CC2)CC1. The van der Waals surface area contributed by atoms with Crippen LogP contribution in [0, 0.1) is 6.92 Å². The molecule has 0 atom stereocenters. The molecular weight excluding hydrogens is 210 g/mol. The molecule has 1 aliphatic carbocycles. The fraction of sp³-hybridized carbons (Fsp3) is 0.643. The predicted octanol–water partition coefficient (Wildman–Crippen LogP) is 2.06.